The van der Waals surface area contributed by atoms with Gasteiger partial charge in [-0.25, -0.2) is 4.79 Å². The van der Waals surface area contributed by atoms with Crippen molar-refractivity contribution in [2.75, 3.05) is 17.7 Å². The second-order valence-corrected chi connectivity index (χ2v) is 8.72. The summed E-state index contributed by atoms with van der Waals surface area (Å²) in [5, 5.41) is 1.02. The van der Waals surface area contributed by atoms with E-state index in [2.05, 4.69) is 4.98 Å². The number of unbranched alkanes of at least 4 members (excludes halogenated alkanes) is 1. The highest BCUT2D eigenvalue weighted by atomic mass is 16.5. The summed E-state index contributed by atoms with van der Waals surface area (Å²) in [5.41, 5.74) is 7.58. The number of rotatable bonds is 9. The van der Waals surface area contributed by atoms with Gasteiger partial charge in [0.15, 0.2) is 5.69 Å². The number of anilines is 2. The molecule has 0 radical (unpaired) electrons. The number of H-pyrrole nitrogens is 1. The molecular formula is C27H31N5O4. The van der Waals surface area contributed by atoms with Gasteiger partial charge in [-0.1, -0.05) is 49.7 Å². The molecule has 1 amide bonds. The number of aryl methyl sites for hydroxylation is 1. The summed E-state index contributed by atoms with van der Waals surface area (Å²) in [5.74, 6) is 0.199. The fourth-order valence-electron chi connectivity index (χ4n) is 4.45. The second kappa shape index (κ2) is 10.6. The van der Waals surface area contributed by atoms with Gasteiger partial charge in [-0.05, 0) is 36.9 Å². The van der Waals surface area contributed by atoms with Gasteiger partial charge in [0.05, 0.1) is 13.7 Å². The molecule has 4 rings (SSSR count). The van der Waals surface area contributed by atoms with Gasteiger partial charge >= 0.3 is 5.69 Å². The lowest BCUT2D eigenvalue weighted by molar-refractivity contribution is -0.119. The number of ether oxygens (including phenoxy) is 1. The molecular weight excluding hydrogens is 458 g/mol. The third-order valence-electron chi connectivity index (χ3n) is 6.35. The number of aromatic nitrogens is 3. The molecule has 0 saturated carbocycles. The molecule has 2 aromatic carbocycles. The maximum atomic E-state index is 13.9. The van der Waals surface area contributed by atoms with Crippen LogP contribution in [0.15, 0.2) is 64.2 Å². The summed E-state index contributed by atoms with van der Waals surface area (Å²) in [6.07, 6.45) is 1.54. The van der Waals surface area contributed by atoms with Crippen LogP contribution in [0.3, 0.4) is 0 Å². The zero-order valence-electron chi connectivity index (χ0n) is 20.8. The first-order valence-electron chi connectivity index (χ1n) is 12.0. The molecule has 3 N–H and O–H groups in total. The molecule has 4 aromatic rings. The number of methoxy groups -OCH3 is 1. The Morgan fingerprint density at radius 2 is 1.81 bits per heavy atom. The van der Waals surface area contributed by atoms with Crippen molar-refractivity contribution >= 4 is 28.3 Å². The number of nitrogens with zero attached hydrogens (tertiary/aromatic N) is 3. The van der Waals surface area contributed by atoms with Crippen LogP contribution < -0.4 is 26.6 Å². The van der Waals surface area contributed by atoms with Crippen LogP contribution in [-0.2, 0) is 24.4 Å². The number of amides is 1. The van der Waals surface area contributed by atoms with Crippen molar-refractivity contribution in [1.82, 2.24) is 14.1 Å². The summed E-state index contributed by atoms with van der Waals surface area (Å²) < 4.78 is 8.71. The maximum Gasteiger partial charge on any atom is 0.330 e. The normalized spacial score (nSPS) is 11.1. The number of carbonyl (C=O) groups excluding carboxylic acids is 1. The molecule has 188 valence electrons. The van der Waals surface area contributed by atoms with Crippen LogP contribution in [-0.4, -0.2) is 27.1 Å². The summed E-state index contributed by atoms with van der Waals surface area (Å²) in [6, 6.07) is 17.1. The van der Waals surface area contributed by atoms with E-state index < -0.39 is 11.2 Å². The molecule has 9 nitrogen and oxygen atoms in total. The van der Waals surface area contributed by atoms with Gasteiger partial charge in [-0.3, -0.25) is 24.0 Å². The standard InChI is InChI=1S/C27H31N5O4/c1-4-5-14-30-25(28)24(26(34)29-27(30)35)32(16-20-11-7-9-13-22(20)36-3)23(33)17-31-18(2)15-19-10-6-8-12-21(19)31/h6-13,15H,4-5,14,16-17,28H2,1-3H3,(H,29,34,35). The average molecular weight is 490 g/mol. The fourth-order valence-corrected chi connectivity index (χ4v) is 4.45. The number of benzene rings is 2. The molecule has 0 saturated heterocycles. The molecule has 0 bridgehead atoms. The molecule has 0 fully saturated rings. The molecule has 0 unspecified atom stereocenters. The van der Waals surface area contributed by atoms with Crippen molar-refractivity contribution in [3.63, 3.8) is 0 Å². The summed E-state index contributed by atoms with van der Waals surface area (Å²) in [7, 11) is 1.55. The molecule has 0 aliphatic rings. The van der Waals surface area contributed by atoms with Crippen molar-refractivity contribution in [1.29, 1.82) is 0 Å². The number of nitrogens with two attached hydrogens (primary N) is 1. The predicted molar refractivity (Wildman–Crippen MR) is 142 cm³/mol. The van der Waals surface area contributed by atoms with Gasteiger partial charge in [-0.2, -0.15) is 0 Å². The Kier molecular flexibility index (Phi) is 7.28. The molecule has 2 aromatic heterocycles. The van der Waals surface area contributed by atoms with Gasteiger partial charge in [0.1, 0.15) is 18.1 Å². The number of para-hydroxylation sites is 2. The van der Waals surface area contributed by atoms with E-state index in [0.717, 1.165) is 23.0 Å². The Bertz CT molecular complexity index is 1510. The van der Waals surface area contributed by atoms with Crippen molar-refractivity contribution in [3.8, 4) is 5.75 Å². The van der Waals surface area contributed by atoms with Gasteiger partial charge < -0.3 is 15.0 Å². The summed E-state index contributed by atoms with van der Waals surface area (Å²) >= 11 is 0. The van der Waals surface area contributed by atoms with E-state index in [1.807, 2.05) is 66.9 Å². The average Bonchev–Trinajstić information content (AvgIpc) is 3.18. The summed E-state index contributed by atoms with van der Waals surface area (Å²) in [4.78, 5) is 43.2. The molecule has 0 aliphatic heterocycles. The van der Waals surface area contributed by atoms with Crippen LogP contribution in [0.5, 0.6) is 5.75 Å². The monoisotopic (exact) mass is 489 g/mol. The number of fused-ring (bicyclic) bond motifs is 1. The predicted octanol–water partition coefficient (Wildman–Crippen LogP) is 3.42. The van der Waals surface area contributed by atoms with E-state index in [0.29, 0.717) is 24.3 Å². The Labute approximate surface area is 208 Å². The Hall–Kier alpha value is -4.27. The highest BCUT2D eigenvalue weighted by Gasteiger charge is 2.26. The topological polar surface area (TPSA) is 115 Å². The smallest absolute Gasteiger partial charge is 0.330 e. The zero-order valence-corrected chi connectivity index (χ0v) is 20.8. The van der Waals surface area contributed by atoms with Crippen molar-refractivity contribution < 1.29 is 9.53 Å². The van der Waals surface area contributed by atoms with E-state index in [1.54, 1.807) is 13.2 Å². The third kappa shape index (κ3) is 4.77. The number of nitrogens with one attached hydrogen (secondary N) is 1. The van der Waals surface area contributed by atoms with Crippen molar-refractivity contribution in [2.24, 2.45) is 0 Å². The highest BCUT2D eigenvalue weighted by molar-refractivity contribution is 5.96. The fraction of sp³-hybridized carbons (Fsp3) is 0.296. The van der Waals surface area contributed by atoms with Gasteiger partial charge in [0, 0.05) is 23.3 Å². The minimum absolute atomic E-state index is 0.0124. The first kappa shape index (κ1) is 24.8. The first-order chi connectivity index (χ1) is 17.3. The molecule has 2 heterocycles. The van der Waals surface area contributed by atoms with Gasteiger partial charge in [-0.15, -0.1) is 0 Å². The van der Waals surface area contributed by atoms with Crippen LogP contribution in [0.4, 0.5) is 11.5 Å². The van der Waals surface area contributed by atoms with Crippen LogP contribution in [0.25, 0.3) is 10.9 Å². The first-order valence-corrected chi connectivity index (χ1v) is 12.0. The van der Waals surface area contributed by atoms with Gasteiger partial charge in [0.25, 0.3) is 5.56 Å². The maximum absolute atomic E-state index is 13.9. The van der Waals surface area contributed by atoms with Crippen LogP contribution >= 0.6 is 0 Å². The Morgan fingerprint density at radius 3 is 2.56 bits per heavy atom. The minimum Gasteiger partial charge on any atom is -0.496 e. The van der Waals surface area contributed by atoms with E-state index in [-0.39, 0.29) is 30.5 Å². The lowest BCUT2D eigenvalue weighted by atomic mass is 10.1. The van der Waals surface area contributed by atoms with Crippen LogP contribution in [0.2, 0.25) is 0 Å². The lowest BCUT2D eigenvalue weighted by Gasteiger charge is -2.26. The van der Waals surface area contributed by atoms with Crippen molar-refractivity contribution in [2.45, 2.75) is 46.3 Å². The number of nitrogen functional groups attached to an aromatic ring is 1. The number of hydrogen-bond donors (Lipinski definition) is 2. The SMILES string of the molecule is CCCCn1c(N)c(N(Cc2ccccc2OC)C(=O)Cn2c(C)cc3ccccc32)c(=O)[nH]c1=O. The number of aromatic amines is 1. The third-order valence-corrected chi connectivity index (χ3v) is 6.35. The minimum atomic E-state index is -0.706. The Balaban J connectivity index is 1.84. The molecule has 0 aliphatic carbocycles. The Morgan fingerprint density at radius 1 is 1.08 bits per heavy atom. The van der Waals surface area contributed by atoms with E-state index in [1.165, 1.54) is 9.47 Å². The number of hydrogen-bond acceptors (Lipinski definition) is 5. The van der Waals surface area contributed by atoms with Crippen LogP contribution in [0, 0.1) is 6.92 Å². The molecule has 9 heteroatoms. The van der Waals surface area contributed by atoms with Crippen molar-refractivity contribution in [3.05, 3.63) is 86.7 Å². The number of carbonyl (C=O) groups is 1. The van der Waals surface area contributed by atoms with Gasteiger partial charge in [0.2, 0.25) is 5.91 Å². The second-order valence-electron chi connectivity index (χ2n) is 8.72. The van der Waals surface area contributed by atoms with E-state index in [4.69, 9.17) is 10.5 Å². The largest absolute Gasteiger partial charge is 0.496 e. The highest BCUT2D eigenvalue weighted by Crippen LogP contribution is 2.26. The quantitative estimate of drug-likeness (QED) is 0.374. The zero-order chi connectivity index (χ0) is 25.8. The van der Waals surface area contributed by atoms with E-state index >= 15 is 0 Å². The lowest BCUT2D eigenvalue weighted by Crippen LogP contribution is -2.42. The molecule has 0 spiro atoms. The van der Waals surface area contributed by atoms with Crippen LogP contribution in [0.1, 0.15) is 31.0 Å². The molecule has 36 heavy (non-hydrogen) atoms. The van der Waals surface area contributed by atoms with E-state index in [9.17, 15) is 14.4 Å². The summed E-state index contributed by atoms with van der Waals surface area (Å²) in [6.45, 7) is 4.30. The molecule has 0 atom stereocenters.